The van der Waals surface area contributed by atoms with Crippen molar-refractivity contribution in [3.05, 3.63) is 27.9 Å². The summed E-state index contributed by atoms with van der Waals surface area (Å²) in [6.07, 6.45) is 6.09. The van der Waals surface area contributed by atoms with Crippen LogP contribution < -0.4 is 10.9 Å². The zero-order chi connectivity index (χ0) is 11.4. The van der Waals surface area contributed by atoms with Gasteiger partial charge in [0.05, 0.1) is 12.0 Å². The fourth-order valence-electron chi connectivity index (χ4n) is 2.27. The quantitative estimate of drug-likeness (QED) is 0.801. The molecule has 1 aromatic heterocycles. The van der Waals surface area contributed by atoms with E-state index in [1.807, 2.05) is 6.92 Å². The number of aromatic nitrogens is 2. The Morgan fingerprint density at radius 1 is 1.44 bits per heavy atom. The zero-order valence-corrected chi connectivity index (χ0v) is 9.75. The third-order valence-corrected chi connectivity index (χ3v) is 3.44. The number of aromatic amines is 1. The van der Waals surface area contributed by atoms with Crippen LogP contribution >= 0.6 is 0 Å². The second kappa shape index (κ2) is 5.25. The Morgan fingerprint density at radius 2 is 2.19 bits per heavy atom. The Bertz CT molecular complexity index is 393. The van der Waals surface area contributed by atoms with Gasteiger partial charge >= 0.3 is 0 Å². The van der Waals surface area contributed by atoms with Crippen LogP contribution in [-0.2, 0) is 6.42 Å². The maximum atomic E-state index is 11.4. The topological polar surface area (TPSA) is 57.8 Å². The van der Waals surface area contributed by atoms with Crippen LogP contribution in [0.5, 0.6) is 0 Å². The molecule has 2 N–H and O–H groups in total. The number of piperidine rings is 1. The minimum Gasteiger partial charge on any atom is -0.317 e. The van der Waals surface area contributed by atoms with Crippen molar-refractivity contribution in [2.45, 2.75) is 32.6 Å². The van der Waals surface area contributed by atoms with E-state index in [2.05, 4.69) is 15.3 Å². The largest absolute Gasteiger partial charge is 0.317 e. The molecule has 4 nitrogen and oxygen atoms in total. The molecule has 1 fully saturated rings. The molecule has 0 unspecified atom stereocenters. The van der Waals surface area contributed by atoms with Crippen LogP contribution in [0.2, 0.25) is 0 Å². The molecule has 1 aliphatic heterocycles. The van der Waals surface area contributed by atoms with Gasteiger partial charge in [-0.2, -0.15) is 0 Å². The zero-order valence-electron chi connectivity index (χ0n) is 9.75. The van der Waals surface area contributed by atoms with Gasteiger partial charge in [0.2, 0.25) is 0 Å². The highest BCUT2D eigenvalue weighted by Gasteiger charge is 2.14. The maximum absolute atomic E-state index is 11.4. The van der Waals surface area contributed by atoms with Crippen molar-refractivity contribution < 1.29 is 0 Å². The third-order valence-electron chi connectivity index (χ3n) is 3.44. The molecule has 0 aliphatic carbocycles. The number of rotatable bonds is 3. The molecule has 88 valence electrons. The lowest BCUT2D eigenvalue weighted by molar-refractivity contribution is 0.353. The van der Waals surface area contributed by atoms with Gasteiger partial charge in [-0.1, -0.05) is 0 Å². The van der Waals surface area contributed by atoms with Crippen molar-refractivity contribution in [1.29, 1.82) is 0 Å². The van der Waals surface area contributed by atoms with E-state index in [-0.39, 0.29) is 5.56 Å². The van der Waals surface area contributed by atoms with Crippen molar-refractivity contribution in [3.63, 3.8) is 0 Å². The van der Waals surface area contributed by atoms with Crippen molar-refractivity contribution in [2.24, 2.45) is 5.92 Å². The van der Waals surface area contributed by atoms with E-state index in [4.69, 9.17) is 0 Å². The Hall–Kier alpha value is -1.16. The Morgan fingerprint density at radius 3 is 2.94 bits per heavy atom. The average Bonchev–Trinajstić information content (AvgIpc) is 2.32. The summed E-state index contributed by atoms with van der Waals surface area (Å²) in [6, 6.07) is 0. The predicted molar refractivity (Wildman–Crippen MR) is 63.5 cm³/mol. The highest BCUT2D eigenvalue weighted by Crippen LogP contribution is 2.18. The molecule has 1 aromatic rings. The molecule has 0 spiro atoms. The number of hydrogen-bond donors (Lipinski definition) is 2. The summed E-state index contributed by atoms with van der Waals surface area (Å²) in [5.41, 5.74) is 1.73. The third kappa shape index (κ3) is 2.70. The van der Waals surface area contributed by atoms with Gasteiger partial charge in [0.15, 0.2) is 0 Å². The fraction of sp³-hybridized carbons (Fsp3) is 0.667. The van der Waals surface area contributed by atoms with Crippen molar-refractivity contribution >= 4 is 0 Å². The van der Waals surface area contributed by atoms with Crippen LogP contribution in [0.4, 0.5) is 0 Å². The lowest BCUT2D eigenvalue weighted by atomic mass is 9.92. The lowest BCUT2D eigenvalue weighted by Crippen LogP contribution is -2.28. The van der Waals surface area contributed by atoms with E-state index in [0.29, 0.717) is 0 Å². The average molecular weight is 221 g/mol. The molecule has 4 heteroatoms. The number of nitrogens with one attached hydrogen (secondary N) is 2. The van der Waals surface area contributed by atoms with Gasteiger partial charge < -0.3 is 10.3 Å². The molecule has 16 heavy (non-hydrogen) atoms. The van der Waals surface area contributed by atoms with Crippen LogP contribution in [0.3, 0.4) is 0 Å². The SMILES string of the molecule is Cc1c(CCC2CCNCC2)nc[nH]c1=O. The molecule has 1 aliphatic rings. The minimum atomic E-state index is -0.00434. The van der Waals surface area contributed by atoms with Crippen molar-refractivity contribution in [2.75, 3.05) is 13.1 Å². The predicted octanol–water partition coefficient (Wildman–Crippen LogP) is 1.01. The minimum absolute atomic E-state index is 0.00434. The van der Waals surface area contributed by atoms with Crippen LogP contribution in [0.25, 0.3) is 0 Å². The van der Waals surface area contributed by atoms with E-state index < -0.39 is 0 Å². The molecule has 0 amide bonds. The Kier molecular flexibility index (Phi) is 3.72. The second-order valence-electron chi connectivity index (χ2n) is 4.54. The van der Waals surface area contributed by atoms with Gasteiger partial charge in [-0.05, 0) is 51.6 Å². The van der Waals surface area contributed by atoms with Crippen molar-refractivity contribution in [3.8, 4) is 0 Å². The number of H-pyrrole nitrogens is 1. The van der Waals surface area contributed by atoms with E-state index >= 15 is 0 Å². The van der Waals surface area contributed by atoms with E-state index in [1.54, 1.807) is 0 Å². The van der Waals surface area contributed by atoms with Crippen LogP contribution in [0.15, 0.2) is 11.1 Å². The first-order chi connectivity index (χ1) is 7.77. The molecule has 0 bridgehead atoms. The van der Waals surface area contributed by atoms with Crippen LogP contribution in [0, 0.1) is 12.8 Å². The number of hydrogen-bond acceptors (Lipinski definition) is 3. The van der Waals surface area contributed by atoms with Crippen molar-refractivity contribution in [1.82, 2.24) is 15.3 Å². The van der Waals surface area contributed by atoms with Crippen LogP contribution in [-0.4, -0.2) is 23.1 Å². The highest BCUT2D eigenvalue weighted by molar-refractivity contribution is 5.13. The summed E-state index contributed by atoms with van der Waals surface area (Å²) in [5.74, 6) is 0.793. The molecule has 2 heterocycles. The first-order valence-corrected chi connectivity index (χ1v) is 6.01. The number of nitrogens with zero attached hydrogens (tertiary/aromatic N) is 1. The fourth-order valence-corrected chi connectivity index (χ4v) is 2.27. The van der Waals surface area contributed by atoms with E-state index in [9.17, 15) is 4.79 Å². The molecule has 0 aromatic carbocycles. The summed E-state index contributed by atoms with van der Waals surface area (Å²) in [5, 5.41) is 3.36. The van der Waals surface area contributed by atoms with Gasteiger partial charge in [-0.25, -0.2) is 4.98 Å². The molecule has 0 radical (unpaired) electrons. The molecule has 0 saturated carbocycles. The standard InChI is InChI=1S/C12H19N3O/c1-9-11(14-8-15-12(9)16)3-2-10-4-6-13-7-5-10/h8,10,13H,2-7H2,1H3,(H,14,15,16). The van der Waals surface area contributed by atoms with Gasteiger partial charge in [-0.15, -0.1) is 0 Å². The summed E-state index contributed by atoms with van der Waals surface area (Å²) in [6.45, 7) is 4.11. The summed E-state index contributed by atoms with van der Waals surface area (Å²) in [7, 11) is 0. The monoisotopic (exact) mass is 221 g/mol. The normalized spacial score (nSPS) is 17.6. The lowest BCUT2D eigenvalue weighted by Gasteiger charge is -2.22. The first kappa shape index (κ1) is 11.3. The van der Waals surface area contributed by atoms with Gasteiger partial charge in [0, 0.05) is 5.56 Å². The second-order valence-corrected chi connectivity index (χ2v) is 4.54. The molecule has 0 atom stereocenters. The Balaban J connectivity index is 1.93. The molecule has 1 saturated heterocycles. The summed E-state index contributed by atoms with van der Waals surface area (Å²) < 4.78 is 0. The van der Waals surface area contributed by atoms with Gasteiger partial charge in [-0.3, -0.25) is 4.79 Å². The van der Waals surface area contributed by atoms with E-state index in [1.165, 1.54) is 19.2 Å². The molecular formula is C12H19N3O. The maximum Gasteiger partial charge on any atom is 0.253 e. The summed E-state index contributed by atoms with van der Waals surface area (Å²) >= 11 is 0. The molecule has 2 rings (SSSR count). The van der Waals surface area contributed by atoms with Gasteiger partial charge in [0.1, 0.15) is 0 Å². The smallest absolute Gasteiger partial charge is 0.253 e. The molecular weight excluding hydrogens is 202 g/mol. The Labute approximate surface area is 95.5 Å². The van der Waals surface area contributed by atoms with E-state index in [0.717, 1.165) is 43.1 Å². The summed E-state index contributed by atoms with van der Waals surface area (Å²) in [4.78, 5) is 18.2. The van der Waals surface area contributed by atoms with Crippen LogP contribution in [0.1, 0.15) is 30.5 Å². The van der Waals surface area contributed by atoms with Gasteiger partial charge in [0.25, 0.3) is 5.56 Å². The first-order valence-electron chi connectivity index (χ1n) is 6.01. The number of aryl methyl sites for hydroxylation is 1. The highest BCUT2D eigenvalue weighted by atomic mass is 16.1.